The third-order valence-electron chi connectivity index (χ3n) is 5.11. The van der Waals surface area contributed by atoms with Crippen molar-refractivity contribution in [2.45, 2.75) is 60.1 Å². The number of amides is 2. The number of alkyl halides is 3. The number of hydrogen-bond donors (Lipinski definition) is 1. The smallest absolute Gasteiger partial charge is 0.332 e. The number of carbonyl (C=O) groups excluding carboxylic acids is 3. The highest BCUT2D eigenvalue weighted by molar-refractivity contribution is 8.00. The summed E-state index contributed by atoms with van der Waals surface area (Å²) in [5.41, 5.74) is -0.162. The number of fused-ring (bicyclic) bond motifs is 1. The first-order valence-corrected chi connectivity index (χ1v) is 12.3. The fourth-order valence-corrected chi connectivity index (χ4v) is 5.59. The molecule has 1 aromatic rings. The molecule has 2 saturated heterocycles. The van der Waals surface area contributed by atoms with Crippen molar-refractivity contribution in [2.75, 3.05) is 12.4 Å². The average Bonchev–Trinajstić information content (AvgIpc) is 2.69. The second-order valence-corrected chi connectivity index (χ2v) is 11.9. The molecule has 0 aliphatic carbocycles. The van der Waals surface area contributed by atoms with E-state index in [4.69, 9.17) is 44.3 Å². The van der Waals surface area contributed by atoms with E-state index >= 15 is 0 Å². The van der Waals surface area contributed by atoms with Crippen molar-refractivity contribution in [3.63, 3.8) is 0 Å². The molecule has 2 aliphatic rings. The quantitative estimate of drug-likeness (QED) is 0.336. The van der Waals surface area contributed by atoms with Crippen LogP contribution in [0.4, 0.5) is 0 Å². The zero-order valence-electron chi connectivity index (χ0n) is 17.8. The van der Waals surface area contributed by atoms with Gasteiger partial charge in [-0.2, -0.15) is 0 Å². The summed E-state index contributed by atoms with van der Waals surface area (Å²) in [5, 5.41) is 2.37. The van der Waals surface area contributed by atoms with Crippen LogP contribution in [0.25, 0.3) is 0 Å². The maximum absolute atomic E-state index is 13.0. The SMILES string of the molecule is CC(C)OC1(C)CS[C@@H]2C(NC(=O)Cc3ccccc3)C(=O)N2C1C(=O)OCC(Cl)(Cl)Cl. The Morgan fingerprint density at radius 1 is 1.28 bits per heavy atom. The van der Waals surface area contributed by atoms with E-state index in [1.165, 1.54) is 16.7 Å². The number of ether oxygens (including phenoxy) is 2. The molecular formula is C21H25Cl3N2O5S. The van der Waals surface area contributed by atoms with Crippen molar-refractivity contribution < 1.29 is 23.9 Å². The van der Waals surface area contributed by atoms with Crippen LogP contribution >= 0.6 is 46.6 Å². The Balaban J connectivity index is 1.74. The van der Waals surface area contributed by atoms with E-state index in [0.717, 1.165) is 5.56 Å². The van der Waals surface area contributed by atoms with E-state index < -0.39 is 39.4 Å². The number of carbonyl (C=O) groups is 3. The number of halogens is 3. The minimum Gasteiger partial charge on any atom is -0.460 e. The van der Waals surface area contributed by atoms with Gasteiger partial charge >= 0.3 is 5.97 Å². The van der Waals surface area contributed by atoms with Crippen molar-refractivity contribution in [1.82, 2.24) is 10.2 Å². The Morgan fingerprint density at radius 2 is 1.94 bits per heavy atom. The first kappa shape index (κ1) is 25.4. The number of benzene rings is 1. The number of nitrogens with one attached hydrogen (secondary N) is 1. The lowest BCUT2D eigenvalue weighted by Gasteiger charge is -2.57. The van der Waals surface area contributed by atoms with Gasteiger partial charge in [-0.25, -0.2) is 4.79 Å². The Hall–Kier alpha value is -1.19. The van der Waals surface area contributed by atoms with Crippen molar-refractivity contribution in [2.24, 2.45) is 0 Å². The van der Waals surface area contributed by atoms with E-state index in [-0.39, 0.29) is 24.3 Å². The van der Waals surface area contributed by atoms with Gasteiger partial charge in [0.05, 0.1) is 12.5 Å². The molecule has 2 fully saturated rings. The van der Waals surface area contributed by atoms with Gasteiger partial charge in [-0.15, -0.1) is 11.8 Å². The van der Waals surface area contributed by atoms with Crippen LogP contribution in [0.3, 0.4) is 0 Å². The normalized spacial score (nSPS) is 27.5. The molecule has 4 atom stereocenters. The van der Waals surface area contributed by atoms with Gasteiger partial charge in [-0.1, -0.05) is 65.1 Å². The maximum atomic E-state index is 13.0. The summed E-state index contributed by atoms with van der Waals surface area (Å²) in [4.78, 5) is 39.9. The first-order chi connectivity index (χ1) is 14.9. The predicted molar refractivity (Wildman–Crippen MR) is 125 cm³/mol. The monoisotopic (exact) mass is 522 g/mol. The van der Waals surface area contributed by atoms with Crippen molar-refractivity contribution in [3.8, 4) is 0 Å². The van der Waals surface area contributed by atoms with Gasteiger partial charge in [-0.05, 0) is 26.3 Å². The highest BCUT2D eigenvalue weighted by atomic mass is 35.6. The molecule has 2 aliphatic heterocycles. The van der Waals surface area contributed by atoms with E-state index in [1.54, 1.807) is 6.92 Å². The van der Waals surface area contributed by atoms with E-state index in [0.29, 0.717) is 5.75 Å². The summed E-state index contributed by atoms with van der Waals surface area (Å²) in [7, 11) is 0. The second-order valence-electron chi connectivity index (χ2n) is 8.26. The molecule has 0 aromatic heterocycles. The van der Waals surface area contributed by atoms with Crippen LogP contribution in [-0.2, 0) is 30.3 Å². The molecule has 11 heteroatoms. The standard InChI is InChI=1S/C21H25Cl3N2O5S/c1-12(2)31-20(3)11-32-18-15(25-14(27)9-13-7-5-4-6-8-13)17(28)26(18)16(20)19(29)30-10-21(22,23)24/h4-8,12,15-16,18H,9-11H2,1-3H3,(H,25,27)/t15?,16?,18-,20?/m1/s1. The highest BCUT2D eigenvalue weighted by Gasteiger charge is 2.62. The largest absolute Gasteiger partial charge is 0.460 e. The van der Waals surface area contributed by atoms with Gasteiger partial charge < -0.3 is 19.7 Å². The Labute approximate surface area is 206 Å². The zero-order valence-corrected chi connectivity index (χ0v) is 20.9. The van der Waals surface area contributed by atoms with Crippen LogP contribution in [0.1, 0.15) is 26.3 Å². The van der Waals surface area contributed by atoms with Crippen LogP contribution in [0, 0.1) is 0 Å². The lowest BCUT2D eigenvalue weighted by molar-refractivity contribution is -0.186. The molecule has 3 rings (SSSR count). The van der Waals surface area contributed by atoms with Gasteiger partial charge in [-0.3, -0.25) is 9.59 Å². The fraction of sp³-hybridized carbons (Fsp3) is 0.571. The van der Waals surface area contributed by atoms with Gasteiger partial charge in [0.25, 0.3) is 0 Å². The molecule has 0 saturated carbocycles. The zero-order chi connectivity index (χ0) is 23.7. The number of thioether (sulfide) groups is 1. The first-order valence-electron chi connectivity index (χ1n) is 10.1. The minimum atomic E-state index is -1.78. The number of nitrogens with zero attached hydrogens (tertiary/aromatic N) is 1. The number of β-lactam (4-membered cyclic amide) rings is 1. The third-order valence-corrected chi connectivity index (χ3v) is 7.02. The van der Waals surface area contributed by atoms with Crippen molar-refractivity contribution in [1.29, 1.82) is 0 Å². The van der Waals surface area contributed by atoms with Crippen LogP contribution in [0.15, 0.2) is 30.3 Å². The molecular weight excluding hydrogens is 499 g/mol. The second kappa shape index (κ2) is 9.97. The highest BCUT2D eigenvalue weighted by Crippen LogP contribution is 2.44. The Morgan fingerprint density at radius 3 is 2.53 bits per heavy atom. The fourth-order valence-electron chi connectivity index (χ4n) is 3.93. The molecule has 1 N–H and O–H groups in total. The molecule has 2 amide bonds. The predicted octanol–water partition coefficient (Wildman–Crippen LogP) is 3.09. The van der Waals surface area contributed by atoms with E-state index in [1.807, 2.05) is 44.2 Å². The molecule has 176 valence electrons. The lowest BCUT2D eigenvalue weighted by Crippen LogP contribution is -2.79. The summed E-state index contributed by atoms with van der Waals surface area (Å²) in [5.74, 6) is -0.944. The topological polar surface area (TPSA) is 84.9 Å². The van der Waals surface area contributed by atoms with E-state index in [2.05, 4.69) is 5.32 Å². The molecule has 1 aromatic carbocycles. The van der Waals surface area contributed by atoms with Crippen LogP contribution in [-0.4, -0.2) is 68.0 Å². The minimum absolute atomic E-state index is 0.158. The van der Waals surface area contributed by atoms with Crippen LogP contribution in [0.5, 0.6) is 0 Å². The van der Waals surface area contributed by atoms with Gasteiger partial charge in [0.15, 0.2) is 6.04 Å². The summed E-state index contributed by atoms with van der Waals surface area (Å²) in [6.07, 6.45) is -0.0383. The number of hydrogen-bond acceptors (Lipinski definition) is 6. The summed E-state index contributed by atoms with van der Waals surface area (Å²) in [6, 6.07) is 7.48. The van der Waals surface area contributed by atoms with E-state index in [9.17, 15) is 14.4 Å². The maximum Gasteiger partial charge on any atom is 0.332 e. The third kappa shape index (κ3) is 5.83. The molecule has 0 radical (unpaired) electrons. The van der Waals surface area contributed by atoms with Crippen molar-refractivity contribution in [3.05, 3.63) is 35.9 Å². The number of rotatable bonds is 7. The lowest BCUT2D eigenvalue weighted by atomic mass is 9.90. The summed E-state index contributed by atoms with van der Waals surface area (Å²) < 4.78 is 9.48. The van der Waals surface area contributed by atoms with Gasteiger partial charge in [0.1, 0.15) is 23.6 Å². The molecule has 0 bridgehead atoms. The van der Waals surface area contributed by atoms with Gasteiger partial charge in [0, 0.05) is 5.75 Å². The Bertz CT molecular complexity index is 867. The molecule has 2 heterocycles. The summed E-state index contributed by atoms with van der Waals surface area (Å²) in [6.45, 7) is 4.99. The molecule has 0 spiro atoms. The molecule has 3 unspecified atom stereocenters. The number of esters is 1. The molecule has 7 nitrogen and oxygen atoms in total. The Kier molecular flexibility index (Phi) is 7.93. The average molecular weight is 524 g/mol. The summed E-state index contributed by atoms with van der Waals surface area (Å²) >= 11 is 18.6. The molecule has 32 heavy (non-hydrogen) atoms. The van der Waals surface area contributed by atoms with Gasteiger partial charge in [0.2, 0.25) is 15.6 Å². The van der Waals surface area contributed by atoms with Crippen LogP contribution in [0.2, 0.25) is 0 Å². The van der Waals surface area contributed by atoms with Crippen LogP contribution < -0.4 is 5.32 Å². The van der Waals surface area contributed by atoms with Crippen molar-refractivity contribution >= 4 is 64.3 Å².